The molecule has 0 amide bonds. The zero-order valence-corrected chi connectivity index (χ0v) is 9.37. The Labute approximate surface area is 90.6 Å². The molecule has 5 heteroatoms. The van der Waals surface area contributed by atoms with Gasteiger partial charge in [0.2, 0.25) is 0 Å². The van der Waals surface area contributed by atoms with Gasteiger partial charge in [0.1, 0.15) is 0 Å². The van der Waals surface area contributed by atoms with E-state index in [0.717, 1.165) is 10.4 Å². The Morgan fingerprint density at radius 3 is 2.40 bits per heavy atom. The molecule has 1 unspecified atom stereocenters. The van der Waals surface area contributed by atoms with E-state index < -0.39 is 18.7 Å². The van der Waals surface area contributed by atoms with E-state index in [4.69, 9.17) is 0 Å². The fourth-order valence-corrected chi connectivity index (χ4v) is 2.48. The van der Waals surface area contributed by atoms with Crippen LogP contribution in [0.1, 0.15) is 34.3 Å². The highest BCUT2D eigenvalue weighted by Crippen LogP contribution is 2.33. The smallest absolute Gasteiger partial charge is 0.388 e. The fraction of sp³-hybridized carbons (Fsp3) is 0.600. The van der Waals surface area contributed by atoms with Gasteiger partial charge in [-0.05, 0) is 31.9 Å². The van der Waals surface area contributed by atoms with Crippen LogP contribution in [0, 0.1) is 13.8 Å². The first kappa shape index (κ1) is 12.5. The maximum absolute atomic E-state index is 11.9. The van der Waals surface area contributed by atoms with Crippen LogP contribution in [0.4, 0.5) is 13.2 Å². The molecule has 1 heterocycles. The standard InChI is InChI=1S/C10H13F3OS/c1-6-5-7(2)15-9(6)8(14)3-4-10(11,12)13/h5,8,14H,3-4H2,1-2H3. The summed E-state index contributed by atoms with van der Waals surface area (Å²) in [5.74, 6) is 0. The zero-order valence-electron chi connectivity index (χ0n) is 8.56. The Morgan fingerprint density at radius 2 is 2.00 bits per heavy atom. The van der Waals surface area contributed by atoms with Crippen LogP contribution < -0.4 is 0 Å². The maximum Gasteiger partial charge on any atom is 0.389 e. The summed E-state index contributed by atoms with van der Waals surface area (Å²) in [6.45, 7) is 3.67. The minimum absolute atomic E-state index is 0.260. The van der Waals surface area contributed by atoms with Crippen LogP contribution in [0.2, 0.25) is 0 Å². The van der Waals surface area contributed by atoms with E-state index in [1.807, 2.05) is 13.0 Å². The quantitative estimate of drug-likeness (QED) is 0.850. The zero-order chi connectivity index (χ0) is 11.6. The van der Waals surface area contributed by atoms with Crippen molar-refractivity contribution in [3.8, 4) is 0 Å². The average Bonchev–Trinajstić information content (AvgIpc) is 2.40. The third-order valence-corrected chi connectivity index (χ3v) is 3.34. The Kier molecular flexibility index (Phi) is 3.78. The van der Waals surface area contributed by atoms with Gasteiger partial charge in [0.05, 0.1) is 6.10 Å². The van der Waals surface area contributed by atoms with Crippen LogP contribution in [-0.4, -0.2) is 11.3 Å². The van der Waals surface area contributed by atoms with Gasteiger partial charge >= 0.3 is 6.18 Å². The number of hydrogen-bond acceptors (Lipinski definition) is 2. The largest absolute Gasteiger partial charge is 0.389 e. The number of hydrogen-bond donors (Lipinski definition) is 1. The molecule has 86 valence electrons. The molecule has 0 fully saturated rings. The van der Waals surface area contributed by atoms with Gasteiger partial charge in [-0.1, -0.05) is 0 Å². The summed E-state index contributed by atoms with van der Waals surface area (Å²) in [5, 5.41) is 9.59. The molecule has 0 saturated carbocycles. The fourth-order valence-electron chi connectivity index (χ4n) is 1.42. The summed E-state index contributed by atoms with van der Waals surface area (Å²) in [5.41, 5.74) is 0.868. The average molecular weight is 238 g/mol. The van der Waals surface area contributed by atoms with E-state index in [0.29, 0.717) is 4.88 Å². The first-order chi connectivity index (χ1) is 6.79. The normalized spacial score (nSPS) is 14.3. The molecule has 1 rings (SSSR count). The van der Waals surface area contributed by atoms with Crippen LogP contribution in [0.15, 0.2) is 6.07 Å². The van der Waals surface area contributed by atoms with Crippen molar-refractivity contribution in [2.75, 3.05) is 0 Å². The molecule has 15 heavy (non-hydrogen) atoms. The maximum atomic E-state index is 11.9. The molecule has 1 N–H and O–H groups in total. The number of aryl methyl sites for hydroxylation is 2. The van der Waals surface area contributed by atoms with Crippen molar-refractivity contribution in [2.45, 2.75) is 39.0 Å². The lowest BCUT2D eigenvalue weighted by Gasteiger charge is -2.11. The third-order valence-electron chi connectivity index (χ3n) is 2.08. The van der Waals surface area contributed by atoms with E-state index in [9.17, 15) is 18.3 Å². The van der Waals surface area contributed by atoms with Crippen molar-refractivity contribution >= 4 is 11.3 Å². The molecule has 1 aromatic rings. The van der Waals surface area contributed by atoms with E-state index in [2.05, 4.69) is 0 Å². The minimum Gasteiger partial charge on any atom is -0.388 e. The second kappa shape index (κ2) is 4.53. The van der Waals surface area contributed by atoms with Gasteiger partial charge in [-0.25, -0.2) is 0 Å². The van der Waals surface area contributed by atoms with Gasteiger partial charge in [-0.2, -0.15) is 13.2 Å². The number of aliphatic hydroxyl groups is 1. The predicted octanol–water partition coefficient (Wildman–Crippen LogP) is 3.74. The van der Waals surface area contributed by atoms with E-state index in [1.165, 1.54) is 11.3 Å². The number of alkyl halides is 3. The topological polar surface area (TPSA) is 20.2 Å². The van der Waals surface area contributed by atoms with Gasteiger partial charge < -0.3 is 5.11 Å². The minimum atomic E-state index is -4.19. The first-order valence-corrected chi connectivity index (χ1v) is 5.43. The lowest BCUT2D eigenvalue weighted by molar-refractivity contribution is -0.140. The molecule has 0 spiro atoms. The first-order valence-electron chi connectivity index (χ1n) is 4.61. The highest BCUT2D eigenvalue weighted by molar-refractivity contribution is 7.12. The molecule has 0 aliphatic carbocycles. The molecule has 1 aromatic heterocycles. The lowest BCUT2D eigenvalue weighted by atomic mass is 10.1. The summed E-state index contributed by atoms with van der Waals surface area (Å²) in [4.78, 5) is 1.66. The molecule has 0 aliphatic rings. The number of rotatable bonds is 3. The van der Waals surface area contributed by atoms with Crippen LogP contribution >= 0.6 is 11.3 Å². The van der Waals surface area contributed by atoms with Crippen molar-refractivity contribution in [1.82, 2.24) is 0 Å². The second-order valence-corrected chi connectivity index (χ2v) is 4.86. The van der Waals surface area contributed by atoms with Crippen LogP contribution in [0.5, 0.6) is 0 Å². The van der Waals surface area contributed by atoms with Crippen LogP contribution in [-0.2, 0) is 0 Å². The lowest BCUT2D eigenvalue weighted by Crippen LogP contribution is -2.09. The van der Waals surface area contributed by atoms with Crippen molar-refractivity contribution in [3.05, 3.63) is 21.4 Å². The molecule has 0 bridgehead atoms. The van der Waals surface area contributed by atoms with Gasteiger partial charge in [0.25, 0.3) is 0 Å². The van der Waals surface area contributed by atoms with Crippen molar-refractivity contribution < 1.29 is 18.3 Å². The van der Waals surface area contributed by atoms with Crippen molar-refractivity contribution in [1.29, 1.82) is 0 Å². The Morgan fingerprint density at radius 1 is 1.40 bits per heavy atom. The van der Waals surface area contributed by atoms with Gasteiger partial charge in [-0.3, -0.25) is 0 Å². The summed E-state index contributed by atoms with van der Waals surface area (Å²) in [6, 6.07) is 1.87. The van der Waals surface area contributed by atoms with E-state index in [-0.39, 0.29) is 6.42 Å². The van der Waals surface area contributed by atoms with Crippen molar-refractivity contribution in [2.24, 2.45) is 0 Å². The second-order valence-electron chi connectivity index (χ2n) is 3.57. The molecule has 0 aromatic carbocycles. The monoisotopic (exact) mass is 238 g/mol. The Balaban J connectivity index is 2.61. The summed E-state index contributed by atoms with van der Waals surface area (Å²) < 4.78 is 35.8. The Bertz CT molecular complexity index is 330. The number of halogens is 3. The SMILES string of the molecule is Cc1cc(C)c(C(O)CCC(F)(F)F)s1. The van der Waals surface area contributed by atoms with E-state index >= 15 is 0 Å². The molecule has 0 radical (unpaired) electrons. The van der Waals surface area contributed by atoms with Crippen LogP contribution in [0.25, 0.3) is 0 Å². The van der Waals surface area contributed by atoms with Gasteiger partial charge in [0.15, 0.2) is 0 Å². The summed E-state index contributed by atoms with van der Waals surface area (Å²) in [7, 11) is 0. The highest BCUT2D eigenvalue weighted by Gasteiger charge is 2.28. The highest BCUT2D eigenvalue weighted by atomic mass is 32.1. The van der Waals surface area contributed by atoms with Crippen molar-refractivity contribution in [3.63, 3.8) is 0 Å². The van der Waals surface area contributed by atoms with Crippen LogP contribution in [0.3, 0.4) is 0 Å². The predicted molar refractivity (Wildman–Crippen MR) is 54.0 cm³/mol. The number of aliphatic hydroxyl groups excluding tert-OH is 1. The molecule has 1 atom stereocenters. The van der Waals surface area contributed by atoms with E-state index in [1.54, 1.807) is 6.92 Å². The molecule has 0 aliphatic heterocycles. The molecular formula is C10H13F3OS. The number of thiophene rings is 1. The molecular weight excluding hydrogens is 225 g/mol. The summed E-state index contributed by atoms with van der Waals surface area (Å²) in [6.07, 6.45) is -6.39. The Hall–Kier alpha value is -0.550. The molecule has 1 nitrogen and oxygen atoms in total. The third kappa shape index (κ3) is 3.83. The molecule has 0 saturated heterocycles. The van der Waals surface area contributed by atoms with Gasteiger partial charge in [-0.15, -0.1) is 11.3 Å². The van der Waals surface area contributed by atoms with Gasteiger partial charge in [0, 0.05) is 16.2 Å². The summed E-state index contributed by atoms with van der Waals surface area (Å²) >= 11 is 1.36.